The third-order valence-electron chi connectivity index (χ3n) is 4.35. The number of sulfone groups is 1. The molecule has 2 rings (SSSR count). The summed E-state index contributed by atoms with van der Waals surface area (Å²) in [5, 5.41) is 4.16. The summed E-state index contributed by atoms with van der Waals surface area (Å²) in [5.74, 6) is -0.799. The van der Waals surface area contributed by atoms with Gasteiger partial charge in [-0.25, -0.2) is 13.1 Å². The van der Waals surface area contributed by atoms with Gasteiger partial charge in [0.05, 0.1) is 11.1 Å². The first kappa shape index (κ1) is 20.8. The number of aryl methyl sites for hydroxylation is 2. The first-order valence-electron chi connectivity index (χ1n) is 8.58. The number of nitrogens with zero attached hydrogens (tertiary/aromatic N) is 2. The normalized spacial score (nSPS) is 11.5. The fourth-order valence-electron chi connectivity index (χ4n) is 3.15. The summed E-state index contributed by atoms with van der Waals surface area (Å²) >= 11 is 0. The lowest BCUT2D eigenvalue weighted by Crippen LogP contribution is -2.14. The van der Waals surface area contributed by atoms with Crippen LogP contribution in [0, 0.1) is 20.8 Å². The quantitative estimate of drug-likeness (QED) is 0.554. The molecule has 0 amide bonds. The van der Waals surface area contributed by atoms with Gasteiger partial charge in [0.15, 0.2) is 15.6 Å². The van der Waals surface area contributed by atoms with Gasteiger partial charge in [-0.3, -0.25) is 9.59 Å². The first-order valence-corrected chi connectivity index (χ1v) is 10.5. The molecule has 0 spiro atoms. The van der Waals surface area contributed by atoms with Crippen molar-refractivity contribution in [3.8, 4) is 5.88 Å². The minimum atomic E-state index is -3.42. The third kappa shape index (κ3) is 4.10. The van der Waals surface area contributed by atoms with Crippen LogP contribution in [0.15, 0.2) is 17.2 Å². The molecule has 0 fully saturated rings. The van der Waals surface area contributed by atoms with Gasteiger partial charge >= 0.3 is 5.97 Å². The lowest BCUT2D eigenvalue weighted by atomic mass is 9.95. The van der Waals surface area contributed by atoms with Crippen LogP contribution in [0.5, 0.6) is 5.88 Å². The van der Waals surface area contributed by atoms with Gasteiger partial charge in [0.1, 0.15) is 5.56 Å². The first-order chi connectivity index (χ1) is 12.5. The maximum absolute atomic E-state index is 13.2. The van der Waals surface area contributed by atoms with E-state index in [-0.39, 0.29) is 22.1 Å². The van der Waals surface area contributed by atoms with Crippen LogP contribution in [-0.2, 0) is 21.2 Å². The van der Waals surface area contributed by atoms with E-state index in [0.29, 0.717) is 28.8 Å². The van der Waals surface area contributed by atoms with Crippen molar-refractivity contribution >= 4 is 21.6 Å². The number of benzene rings is 1. The predicted octanol–water partition coefficient (Wildman–Crippen LogP) is 2.78. The topological polar surface area (TPSA) is 95.3 Å². The number of rotatable bonds is 6. The lowest BCUT2D eigenvalue weighted by Gasteiger charge is -2.15. The zero-order chi connectivity index (χ0) is 20.5. The second kappa shape index (κ2) is 7.64. The average molecular weight is 392 g/mol. The minimum Gasteiger partial charge on any atom is -0.407 e. The molecular weight excluding hydrogens is 368 g/mol. The maximum atomic E-state index is 13.2. The number of ketones is 1. The van der Waals surface area contributed by atoms with Gasteiger partial charge in [-0.1, -0.05) is 6.92 Å². The molecule has 0 saturated carbocycles. The molecule has 27 heavy (non-hydrogen) atoms. The molecule has 0 atom stereocenters. The molecule has 0 aliphatic carbocycles. The fourth-order valence-corrected chi connectivity index (χ4v) is 4.51. The minimum absolute atomic E-state index is 0.108. The summed E-state index contributed by atoms with van der Waals surface area (Å²) in [7, 11) is -3.42. The molecule has 0 radical (unpaired) electrons. The van der Waals surface area contributed by atoms with E-state index in [2.05, 4.69) is 5.10 Å². The second-order valence-electron chi connectivity index (χ2n) is 6.60. The van der Waals surface area contributed by atoms with E-state index in [1.165, 1.54) is 17.8 Å². The Labute approximate surface area is 159 Å². The highest BCUT2D eigenvalue weighted by Gasteiger charge is 2.26. The van der Waals surface area contributed by atoms with Crippen molar-refractivity contribution in [3.05, 3.63) is 40.1 Å². The van der Waals surface area contributed by atoms with Crippen molar-refractivity contribution in [2.75, 3.05) is 6.26 Å². The molecule has 0 aliphatic rings. The van der Waals surface area contributed by atoms with Crippen LogP contribution in [0.1, 0.15) is 52.9 Å². The molecule has 0 bridgehead atoms. The van der Waals surface area contributed by atoms with Crippen LogP contribution in [0.2, 0.25) is 0 Å². The van der Waals surface area contributed by atoms with E-state index in [1.807, 2.05) is 6.92 Å². The maximum Gasteiger partial charge on any atom is 0.309 e. The molecule has 0 aliphatic heterocycles. The second-order valence-corrected chi connectivity index (χ2v) is 8.55. The van der Waals surface area contributed by atoms with Crippen LogP contribution in [-0.4, -0.2) is 36.2 Å². The van der Waals surface area contributed by atoms with Gasteiger partial charge in [-0.2, -0.15) is 5.10 Å². The SMILES string of the molecule is CCCn1ncc(C(=O)c2cc(C)c(S(C)(=O)=O)c(C)c2C)c1OC(C)=O. The summed E-state index contributed by atoms with van der Waals surface area (Å²) in [4.78, 5) is 24.9. The molecule has 1 aromatic heterocycles. The van der Waals surface area contributed by atoms with Gasteiger partial charge in [0.25, 0.3) is 0 Å². The molecule has 7 nitrogen and oxygen atoms in total. The summed E-state index contributed by atoms with van der Waals surface area (Å²) in [6, 6.07) is 1.57. The Bertz CT molecular complexity index is 1020. The van der Waals surface area contributed by atoms with Crippen molar-refractivity contribution in [2.45, 2.75) is 52.5 Å². The standard InChI is InChI=1S/C19H24N2O5S/c1-7-8-21-19(26-14(5)22)16(10-20-21)17(23)15-9-11(2)18(27(6,24)25)13(4)12(15)3/h9-10H,7-8H2,1-6H3. The van der Waals surface area contributed by atoms with Gasteiger partial charge in [-0.15, -0.1) is 0 Å². The molecular formula is C19H24N2O5S. The van der Waals surface area contributed by atoms with Crippen molar-refractivity contribution in [1.29, 1.82) is 0 Å². The monoisotopic (exact) mass is 392 g/mol. The Balaban J connectivity index is 2.64. The van der Waals surface area contributed by atoms with Crippen LogP contribution in [0.4, 0.5) is 0 Å². The van der Waals surface area contributed by atoms with E-state index < -0.39 is 15.8 Å². The highest BCUT2D eigenvalue weighted by Crippen LogP contribution is 2.30. The molecule has 146 valence electrons. The van der Waals surface area contributed by atoms with Crippen molar-refractivity contribution in [1.82, 2.24) is 9.78 Å². The number of esters is 1. The molecule has 1 aromatic carbocycles. The highest BCUT2D eigenvalue weighted by molar-refractivity contribution is 7.90. The van der Waals surface area contributed by atoms with Gasteiger partial charge < -0.3 is 4.74 Å². The summed E-state index contributed by atoms with van der Waals surface area (Å²) in [6.45, 7) is 8.76. The van der Waals surface area contributed by atoms with E-state index in [4.69, 9.17) is 4.74 Å². The molecule has 8 heteroatoms. The van der Waals surface area contributed by atoms with Gasteiger partial charge in [0.2, 0.25) is 5.88 Å². The van der Waals surface area contributed by atoms with E-state index >= 15 is 0 Å². The molecule has 0 N–H and O–H groups in total. The van der Waals surface area contributed by atoms with Crippen LogP contribution in [0.25, 0.3) is 0 Å². The Morgan fingerprint density at radius 1 is 1.15 bits per heavy atom. The van der Waals surface area contributed by atoms with Crippen molar-refractivity contribution in [3.63, 3.8) is 0 Å². The number of ether oxygens (including phenoxy) is 1. The number of hydrogen-bond donors (Lipinski definition) is 0. The van der Waals surface area contributed by atoms with E-state index in [1.54, 1.807) is 26.8 Å². The molecule has 2 aromatic rings. The number of carbonyl (C=O) groups excluding carboxylic acids is 2. The smallest absolute Gasteiger partial charge is 0.309 e. The number of carbonyl (C=O) groups is 2. The lowest BCUT2D eigenvalue weighted by molar-refractivity contribution is -0.132. The summed E-state index contributed by atoms with van der Waals surface area (Å²) in [6.07, 6.45) is 3.28. The van der Waals surface area contributed by atoms with Gasteiger partial charge in [0, 0.05) is 25.3 Å². The Morgan fingerprint density at radius 2 is 1.78 bits per heavy atom. The van der Waals surface area contributed by atoms with Crippen molar-refractivity contribution in [2.24, 2.45) is 0 Å². The van der Waals surface area contributed by atoms with E-state index in [0.717, 1.165) is 12.7 Å². The number of hydrogen-bond acceptors (Lipinski definition) is 6. The Morgan fingerprint density at radius 3 is 2.30 bits per heavy atom. The fraction of sp³-hybridized carbons (Fsp3) is 0.421. The van der Waals surface area contributed by atoms with E-state index in [9.17, 15) is 18.0 Å². The van der Waals surface area contributed by atoms with Gasteiger partial charge in [-0.05, 0) is 49.9 Å². The van der Waals surface area contributed by atoms with Crippen LogP contribution < -0.4 is 4.74 Å². The average Bonchev–Trinajstić information content (AvgIpc) is 2.91. The van der Waals surface area contributed by atoms with Crippen LogP contribution >= 0.6 is 0 Å². The zero-order valence-corrected chi connectivity index (χ0v) is 17.2. The van der Waals surface area contributed by atoms with Crippen LogP contribution in [0.3, 0.4) is 0 Å². The van der Waals surface area contributed by atoms with Crippen molar-refractivity contribution < 1.29 is 22.7 Å². The zero-order valence-electron chi connectivity index (χ0n) is 16.4. The molecule has 0 unspecified atom stereocenters. The summed E-state index contributed by atoms with van der Waals surface area (Å²) < 4.78 is 30.9. The number of aromatic nitrogens is 2. The Kier molecular flexibility index (Phi) is 5.89. The predicted molar refractivity (Wildman–Crippen MR) is 101 cm³/mol. The Hall–Kier alpha value is -2.48. The highest BCUT2D eigenvalue weighted by atomic mass is 32.2. The largest absolute Gasteiger partial charge is 0.407 e. The summed E-state index contributed by atoms with van der Waals surface area (Å²) in [5.41, 5.74) is 2.15. The third-order valence-corrected chi connectivity index (χ3v) is 5.72. The molecule has 0 saturated heterocycles. The molecule has 1 heterocycles.